The SMILES string of the molecule is Cc1ccccc1C(=O)NCC1CCCN1. The molecule has 0 spiro atoms. The van der Waals surface area contributed by atoms with E-state index in [9.17, 15) is 4.79 Å². The van der Waals surface area contributed by atoms with E-state index in [-0.39, 0.29) is 5.91 Å². The maximum absolute atomic E-state index is 11.9. The minimum atomic E-state index is 0.0341. The van der Waals surface area contributed by atoms with Gasteiger partial charge in [-0.1, -0.05) is 18.2 Å². The highest BCUT2D eigenvalue weighted by atomic mass is 16.1. The Morgan fingerprint density at radius 1 is 1.50 bits per heavy atom. The lowest BCUT2D eigenvalue weighted by Gasteiger charge is -2.12. The molecule has 1 atom stereocenters. The molecule has 1 saturated heterocycles. The van der Waals surface area contributed by atoms with Crippen LogP contribution in [0.4, 0.5) is 0 Å². The van der Waals surface area contributed by atoms with Gasteiger partial charge in [0.15, 0.2) is 0 Å². The molecule has 0 radical (unpaired) electrons. The third kappa shape index (κ3) is 2.61. The average molecular weight is 218 g/mol. The number of benzene rings is 1. The van der Waals surface area contributed by atoms with Gasteiger partial charge in [0.1, 0.15) is 0 Å². The second-order valence-corrected chi connectivity index (χ2v) is 4.32. The highest BCUT2D eigenvalue weighted by Crippen LogP contribution is 2.07. The molecule has 86 valence electrons. The second kappa shape index (κ2) is 5.12. The number of nitrogens with one attached hydrogen (secondary N) is 2. The van der Waals surface area contributed by atoms with Crippen LogP contribution in [0, 0.1) is 6.92 Å². The molecule has 0 aromatic heterocycles. The van der Waals surface area contributed by atoms with Crippen molar-refractivity contribution in [3.63, 3.8) is 0 Å². The lowest BCUT2D eigenvalue weighted by Crippen LogP contribution is -2.37. The summed E-state index contributed by atoms with van der Waals surface area (Å²) in [6.45, 7) is 3.76. The Kier molecular flexibility index (Phi) is 3.57. The van der Waals surface area contributed by atoms with Crippen molar-refractivity contribution >= 4 is 5.91 Å². The quantitative estimate of drug-likeness (QED) is 0.806. The molecule has 0 bridgehead atoms. The Morgan fingerprint density at radius 3 is 3.00 bits per heavy atom. The van der Waals surface area contributed by atoms with Crippen molar-refractivity contribution in [1.29, 1.82) is 0 Å². The Hall–Kier alpha value is -1.35. The molecular formula is C13H18N2O. The van der Waals surface area contributed by atoms with Gasteiger partial charge >= 0.3 is 0 Å². The summed E-state index contributed by atoms with van der Waals surface area (Å²) in [5.74, 6) is 0.0341. The molecule has 1 aliphatic rings. The number of rotatable bonds is 3. The van der Waals surface area contributed by atoms with Crippen molar-refractivity contribution in [3.05, 3.63) is 35.4 Å². The van der Waals surface area contributed by atoms with Crippen LogP contribution in [-0.2, 0) is 0 Å². The van der Waals surface area contributed by atoms with Crippen LogP contribution in [0.3, 0.4) is 0 Å². The first kappa shape index (κ1) is 11.1. The molecule has 1 heterocycles. The van der Waals surface area contributed by atoms with Crippen LogP contribution in [0.15, 0.2) is 24.3 Å². The molecule has 1 amide bonds. The zero-order valence-electron chi connectivity index (χ0n) is 9.62. The molecule has 1 aromatic rings. The van der Waals surface area contributed by atoms with Crippen LogP contribution < -0.4 is 10.6 Å². The normalized spacial score (nSPS) is 19.7. The van der Waals surface area contributed by atoms with E-state index >= 15 is 0 Å². The van der Waals surface area contributed by atoms with E-state index in [0.29, 0.717) is 6.04 Å². The molecule has 1 unspecified atom stereocenters. The lowest BCUT2D eigenvalue weighted by atomic mass is 10.1. The van der Waals surface area contributed by atoms with Gasteiger partial charge < -0.3 is 10.6 Å². The lowest BCUT2D eigenvalue weighted by molar-refractivity contribution is 0.0949. The van der Waals surface area contributed by atoms with Crippen molar-refractivity contribution in [2.75, 3.05) is 13.1 Å². The van der Waals surface area contributed by atoms with E-state index in [4.69, 9.17) is 0 Å². The number of carbonyl (C=O) groups is 1. The third-order valence-electron chi connectivity index (χ3n) is 3.06. The van der Waals surface area contributed by atoms with E-state index in [1.165, 1.54) is 6.42 Å². The summed E-state index contributed by atoms with van der Waals surface area (Å²) in [4.78, 5) is 11.9. The molecular weight excluding hydrogens is 200 g/mol. The first-order valence-electron chi connectivity index (χ1n) is 5.84. The van der Waals surface area contributed by atoms with Crippen LogP contribution in [0.5, 0.6) is 0 Å². The minimum Gasteiger partial charge on any atom is -0.350 e. The number of carbonyl (C=O) groups excluding carboxylic acids is 1. The van der Waals surface area contributed by atoms with Crippen molar-refractivity contribution < 1.29 is 4.79 Å². The van der Waals surface area contributed by atoms with E-state index in [0.717, 1.165) is 30.6 Å². The van der Waals surface area contributed by atoms with Crippen LogP contribution >= 0.6 is 0 Å². The zero-order chi connectivity index (χ0) is 11.4. The predicted molar refractivity (Wildman–Crippen MR) is 64.5 cm³/mol. The Bertz CT molecular complexity index is 370. The number of amides is 1. The van der Waals surface area contributed by atoms with Gasteiger partial charge in [-0.2, -0.15) is 0 Å². The molecule has 3 heteroatoms. The summed E-state index contributed by atoms with van der Waals surface area (Å²) >= 11 is 0. The largest absolute Gasteiger partial charge is 0.350 e. The summed E-state index contributed by atoms with van der Waals surface area (Å²) in [5.41, 5.74) is 1.81. The minimum absolute atomic E-state index is 0.0341. The Labute approximate surface area is 96.2 Å². The first-order valence-corrected chi connectivity index (χ1v) is 5.84. The molecule has 0 saturated carbocycles. The van der Waals surface area contributed by atoms with E-state index in [1.54, 1.807) is 0 Å². The van der Waals surface area contributed by atoms with Gasteiger partial charge in [0.25, 0.3) is 5.91 Å². The van der Waals surface area contributed by atoms with Crippen LogP contribution in [0.2, 0.25) is 0 Å². The highest BCUT2D eigenvalue weighted by Gasteiger charge is 2.15. The summed E-state index contributed by atoms with van der Waals surface area (Å²) in [5, 5.41) is 6.34. The van der Waals surface area contributed by atoms with Crippen molar-refractivity contribution in [2.45, 2.75) is 25.8 Å². The van der Waals surface area contributed by atoms with Gasteiger partial charge in [-0.05, 0) is 37.9 Å². The molecule has 1 aromatic carbocycles. The smallest absolute Gasteiger partial charge is 0.251 e. The third-order valence-corrected chi connectivity index (χ3v) is 3.06. The standard InChI is InChI=1S/C13H18N2O/c1-10-5-2-3-7-12(10)13(16)15-9-11-6-4-8-14-11/h2-3,5,7,11,14H,4,6,8-9H2,1H3,(H,15,16). The monoisotopic (exact) mass is 218 g/mol. The van der Waals surface area contributed by atoms with Crippen molar-refractivity contribution in [3.8, 4) is 0 Å². The summed E-state index contributed by atoms with van der Waals surface area (Å²) < 4.78 is 0. The van der Waals surface area contributed by atoms with Gasteiger partial charge in [0.05, 0.1) is 0 Å². The van der Waals surface area contributed by atoms with Crippen molar-refractivity contribution in [1.82, 2.24) is 10.6 Å². The summed E-state index contributed by atoms with van der Waals surface area (Å²) in [7, 11) is 0. The van der Waals surface area contributed by atoms with Gasteiger partial charge in [-0.25, -0.2) is 0 Å². The Morgan fingerprint density at radius 2 is 2.31 bits per heavy atom. The summed E-state index contributed by atoms with van der Waals surface area (Å²) in [6.07, 6.45) is 2.37. The number of hydrogen-bond acceptors (Lipinski definition) is 2. The molecule has 3 nitrogen and oxygen atoms in total. The van der Waals surface area contributed by atoms with E-state index in [1.807, 2.05) is 31.2 Å². The van der Waals surface area contributed by atoms with E-state index < -0.39 is 0 Å². The maximum Gasteiger partial charge on any atom is 0.251 e. The first-order chi connectivity index (χ1) is 7.77. The molecule has 1 fully saturated rings. The fourth-order valence-corrected chi connectivity index (χ4v) is 2.07. The second-order valence-electron chi connectivity index (χ2n) is 4.32. The van der Waals surface area contributed by atoms with Gasteiger partial charge in [0, 0.05) is 18.2 Å². The highest BCUT2D eigenvalue weighted by molar-refractivity contribution is 5.95. The van der Waals surface area contributed by atoms with Crippen LogP contribution in [-0.4, -0.2) is 25.0 Å². The fraction of sp³-hybridized carbons (Fsp3) is 0.462. The molecule has 16 heavy (non-hydrogen) atoms. The van der Waals surface area contributed by atoms with Gasteiger partial charge in [-0.15, -0.1) is 0 Å². The maximum atomic E-state index is 11.9. The van der Waals surface area contributed by atoms with Crippen molar-refractivity contribution in [2.24, 2.45) is 0 Å². The number of aryl methyl sites for hydroxylation is 1. The van der Waals surface area contributed by atoms with Crippen LogP contribution in [0.25, 0.3) is 0 Å². The molecule has 2 N–H and O–H groups in total. The zero-order valence-corrected chi connectivity index (χ0v) is 9.62. The van der Waals surface area contributed by atoms with E-state index in [2.05, 4.69) is 10.6 Å². The van der Waals surface area contributed by atoms with Crippen LogP contribution in [0.1, 0.15) is 28.8 Å². The molecule has 2 rings (SSSR count). The molecule has 1 aliphatic heterocycles. The summed E-state index contributed by atoms with van der Waals surface area (Å²) in [6, 6.07) is 8.13. The number of hydrogen-bond donors (Lipinski definition) is 2. The topological polar surface area (TPSA) is 41.1 Å². The van der Waals surface area contributed by atoms with Gasteiger partial charge in [-0.3, -0.25) is 4.79 Å². The van der Waals surface area contributed by atoms with Gasteiger partial charge in [0.2, 0.25) is 0 Å². The Balaban J connectivity index is 1.90. The predicted octanol–water partition coefficient (Wildman–Crippen LogP) is 1.48. The molecule has 0 aliphatic carbocycles. The average Bonchev–Trinajstić information content (AvgIpc) is 2.79. The fourth-order valence-electron chi connectivity index (χ4n) is 2.07.